The van der Waals surface area contributed by atoms with Crippen LogP contribution in [0.15, 0.2) is 34.8 Å². The zero-order valence-corrected chi connectivity index (χ0v) is 18.7. The molecule has 0 aromatic heterocycles. The van der Waals surface area contributed by atoms with E-state index < -0.39 is 0 Å². The van der Waals surface area contributed by atoms with E-state index >= 15 is 0 Å². The fraction of sp³-hybridized carbons (Fsp3) is 0.409. The second-order valence-corrected chi connectivity index (χ2v) is 8.03. The standard InChI is InChI=1S/C22H25BrN2O5/c1-3-28-20-12-16(11-17(23)21(20)27-2)22(26)25-8-6-24(7-9-25)13-15-4-5-18-19(10-15)30-14-29-18/h4-5,10-12H,3,6-9,13-14H2,1-2H3. The third-order valence-electron chi connectivity index (χ3n) is 5.26. The first-order valence-corrected chi connectivity index (χ1v) is 10.8. The predicted octanol–water partition coefficient (Wildman–Crippen LogP) is 3.54. The number of carbonyl (C=O) groups excluding carboxylic acids is 1. The number of carbonyl (C=O) groups is 1. The van der Waals surface area contributed by atoms with Gasteiger partial charge in [0.1, 0.15) is 0 Å². The highest BCUT2D eigenvalue weighted by Gasteiger charge is 2.24. The van der Waals surface area contributed by atoms with Gasteiger partial charge in [0, 0.05) is 38.3 Å². The number of ether oxygens (including phenoxy) is 4. The molecule has 30 heavy (non-hydrogen) atoms. The highest BCUT2D eigenvalue weighted by molar-refractivity contribution is 9.10. The molecule has 0 atom stereocenters. The van der Waals surface area contributed by atoms with Crippen LogP contribution in [-0.4, -0.2) is 62.4 Å². The zero-order chi connectivity index (χ0) is 21.1. The molecule has 1 saturated heterocycles. The van der Waals surface area contributed by atoms with Gasteiger partial charge in [-0.25, -0.2) is 0 Å². The van der Waals surface area contributed by atoms with E-state index in [4.69, 9.17) is 18.9 Å². The van der Waals surface area contributed by atoms with Crippen LogP contribution in [-0.2, 0) is 6.54 Å². The Morgan fingerprint density at radius 2 is 1.87 bits per heavy atom. The maximum Gasteiger partial charge on any atom is 0.254 e. The van der Waals surface area contributed by atoms with Crippen molar-refractivity contribution in [3.05, 3.63) is 45.9 Å². The van der Waals surface area contributed by atoms with Gasteiger partial charge in [0.15, 0.2) is 23.0 Å². The molecular formula is C22H25BrN2O5. The van der Waals surface area contributed by atoms with E-state index in [1.807, 2.05) is 24.0 Å². The number of hydrogen-bond donors (Lipinski definition) is 0. The fourth-order valence-electron chi connectivity index (χ4n) is 3.74. The van der Waals surface area contributed by atoms with Crippen LogP contribution in [0.3, 0.4) is 0 Å². The summed E-state index contributed by atoms with van der Waals surface area (Å²) in [5.41, 5.74) is 1.77. The van der Waals surface area contributed by atoms with Crippen LogP contribution < -0.4 is 18.9 Å². The molecule has 2 aromatic carbocycles. The molecule has 0 spiro atoms. The van der Waals surface area contributed by atoms with Crippen molar-refractivity contribution in [3.63, 3.8) is 0 Å². The molecule has 2 aliphatic heterocycles. The smallest absolute Gasteiger partial charge is 0.254 e. The van der Waals surface area contributed by atoms with Crippen molar-refractivity contribution < 1.29 is 23.7 Å². The van der Waals surface area contributed by atoms with Crippen molar-refractivity contribution >= 4 is 21.8 Å². The zero-order valence-electron chi connectivity index (χ0n) is 17.2. The van der Waals surface area contributed by atoms with Crippen LogP contribution in [0, 0.1) is 0 Å². The average molecular weight is 477 g/mol. The third kappa shape index (κ3) is 4.34. The first-order chi connectivity index (χ1) is 14.6. The Kier molecular flexibility index (Phi) is 6.34. The van der Waals surface area contributed by atoms with Gasteiger partial charge in [-0.1, -0.05) is 6.07 Å². The minimum atomic E-state index is 0.00188. The topological polar surface area (TPSA) is 60.5 Å². The van der Waals surface area contributed by atoms with Crippen LogP contribution in [0.5, 0.6) is 23.0 Å². The van der Waals surface area contributed by atoms with Gasteiger partial charge in [-0.05, 0) is 52.7 Å². The maximum atomic E-state index is 13.1. The van der Waals surface area contributed by atoms with Crippen LogP contribution in [0.25, 0.3) is 0 Å². The molecule has 7 nitrogen and oxygen atoms in total. The average Bonchev–Trinajstić information content (AvgIpc) is 3.22. The normalized spacial score (nSPS) is 15.9. The van der Waals surface area contributed by atoms with Crippen LogP contribution in [0.1, 0.15) is 22.8 Å². The molecule has 4 rings (SSSR count). The lowest BCUT2D eigenvalue weighted by atomic mass is 10.1. The molecule has 0 N–H and O–H groups in total. The van der Waals surface area contributed by atoms with Crippen molar-refractivity contribution in [2.24, 2.45) is 0 Å². The van der Waals surface area contributed by atoms with Crippen molar-refractivity contribution in [2.75, 3.05) is 46.7 Å². The molecule has 0 radical (unpaired) electrons. The highest BCUT2D eigenvalue weighted by atomic mass is 79.9. The largest absolute Gasteiger partial charge is 0.492 e. The molecule has 160 valence electrons. The molecule has 0 aliphatic carbocycles. The monoisotopic (exact) mass is 476 g/mol. The van der Waals surface area contributed by atoms with E-state index in [1.165, 1.54) is 5.56 Å². The Morgan fingerprint density at radius 3 is 2.60 bits per heavy atom. The minimum Gasteiger partial charge on any atom is -0.492 e. The summed E-state index contributed by atoms with van der Waals surface area (Å²) < 4.78 is 22.6. The fourth-order valence-corrected chi connectivity index (χ4v) is 4.35. The van der Waals surface area contributed by atoms with E-state index in [9.17, 15) is 4.79 Å². The van der Waals surface area contributed by atoms with Crippen LogP contribution >= 0.6 is 15.9 Å². The van der Waals surface area contributed by atoms with Gasteiger partial charge < -0.3 is 23.8 Å². The van der Waals surface area contributed by atoms with Gasteiger partial charge >= 0.3 is 0 Å². The Morgan fingerprint density at radius 1 is 1.10 bits per heavy atom. The van der Waals surface area contributed by atoms with E-state index in [0.29, 0.717) is 41.2 Å². The molecular weight excluding hydrogens is 452 g/mol. The summed E-state index contributed by atoms with van der Waals surface area (Å²) in [6.45, 7) is 6.49. The highest BCUT2D eigenvalue weighted by Crippen LogP contribution is 2.37. The van der Waals surface area contributed by atoms with E-state index in [2.05, 4.69) is 26.9 Å². The molecule has 2 heterocycles. The first-order valence-electron chi connectivity index (χ1n) is 9.99. The predicted molar refractivity (Wildman–Crippen MR) is 116 cm³/mol. The molecule has 0 bridgehead atoms. The summed E-state index contributed by atoms with van der Waals surface area (Å²) >= 11 is 3.49. The van der Waals surface area contributed by atoms with Gasteiger partial charge in [0.05, 0.1) is 18.2 Å². The summed E-state index contributed by atoms with van der Waals surface area (Å²) in [7, 11) is 1.59. The summed E-state index contributed by atoms with van der Waals surface area (Å²) in [5, 5.41) is 0. The lowest BCUT2D eigenvalue weighted by molar-refractivity contribution is 0.0628. The molecule has 8 heteroatoms. The van der Waals surface area contributed by atoms with Crippen molar-refractivity contribution in [1.82, 2.24) is 9.80 Å². The summed E-state index contributed by atoms with van der Waals surface area (Å²) in [6, 6.07) is 9.60. The van der Waals surface area contributed by atoms with Crippen LogP contribution in [0.4, 0.5) is 0 Å². The van der Waals surface area contributed by atoms with Gasteiger partial charge in [0.25, 0.3) is 5.91 Å². The number of hydrogen-bond acceptors (Lipinski definition) is 6. The summed E-state index contributed by atoms with van der Waals surface area (Å²) in [5.74, 6) is 2.77. The Bertz CT molecular complexity index is 928. The number of rotatable bonds is 6. The number of fused-ring (bicyclic) bond motifs is 1. The Hall–Kier alpha value is -2.45. The number of nitrogens with zero attached hydrogens (tertiary/aromatic N) is 2. The molecule has 0 unspecified atom stereocenters. The van der Waals surface area contributed by atoms with Crippen molar-refractivity contribution in [1.29, 1.82) is 0 Å². The van der Waals surface area contributed by atoms with Gasteiger partial charge in [-0.3, -0.25) is 9.69 Å². The lowest BCUT2D eigenvalue weighted by Gasteiger charge is -2.35. The van der Waals surface area contributed by atoms with Crippen molar-refractivity contribution in [3.8, 4) is 23.0 Å². The Labute approximate surface area is 184 Å². The van der Waals surface area contributed by atoms with E-state index in [-0.39, 0.29) is 12.7 Å². The molecule has 2 aliphatic rings. The van der Waals surface area contributed by atoms with Crippen LogP contribution in [0.2, 0.25) is 0 Å². The number of methoxy groups -OCH3 is 1. The number of benzene rings is 2. The second-order valence-electron chi connectivity index (χ2n) is 7.18. The quantitative estimate of drug-likeness (QED) is 0.635. The number of piperazine rings is 1. The van der Waals surface area contributed by atoms with E-state index in [0.717, 1.165) is 31.1 Å². The number of amides is 1. The SMILES string of the molecule is CCOc1cc(C(=O)N2CCN(Cc3ccc4c(c3)OCO4)CC2)cc(Br)c1OC. The van der Waals surface area contributed by atoms with Crippen molar-refractivity contribution in [2.45, 2.75) is 13.5 Å². The minimum absolute atomic E-state index is 0.00188. The first kappa shape index (κ1) is 20.8. The van der Waals surface area contributed by atoms with E-state index in [1.54, 1.807) is 19.2 Å². The second kappa shape index (κ2) is 9.14. The molecule has 2 aromatic rings. The maximum absolute atomic E-state index is 13.1. The lowest BCUT2D eigenvalue weighted by Crippen LogP contribution is -2.48. The number of halogens is 1. The molecule has 1 amide bonds. The molecule has 1 fully saturated rings. The van der Waals surface area contributed by atoms with Gasteiger partial charge in [-0.2, -0.15) is 0 Å². The third-order valence-corrected chi connectivity index (χ3v) is 5.85. The molecule has 0 saturated carbocycles. The van der Waals surface area contributed by atoms with Gasteiger partial charge in [-0.15, -0.1) is 0 Å². The summed E-state index contributed by atoms with van der Waals surface area (Å²) in [4.78, 5) is 17.3. The Balaban J connectivity index is 1.38. The summed E-state index contributed by atoms with van der Waals surface area (Å²) in [6.07, 6.45) is 0. The van der Waals surface area contributed by atoms with Gasteiger partial charge in [0.2, 0.25) is 6.79 Å².